The molecule has 0 saturated carbocycles. The molecule has 2 aliphatic rings. The second-order valence-electron chi connectivity index (χ2n) is 7.57. The van der Waals surface area contributed by atoms with E-state index in [-0.39, 0.29) is 12.2 Å². The third-order valence-electron chi connectivity index (χ3n) is 5.61. The second kappa shape index (κ2) is 7.35. The van der Waals surface area contributed by atoms with Crippen LogP contribution in [0, 0.1) is 5.92 Å². The molecule has 2 unspecified atom stereocenters. The molecule has 158 valence electrons. The lowest BCUT2D eigenvalue weighted by atomic mass is 9.81. The average molecular weight is 455 g/mol. The van der Waals surface area contributed by atoms with Crippen LogP contribution in [0.5, 0.6) is 5.75 Å². The molecule has 0 N–H and O–H groups in total. The second-order valence-corrected chi connectivity index (χ2v) is 8.99. The smallest absolute Gasteiger partial charge is 0.317 e. The maximum absolute atomic E-state index is 13.5. The van der Waals surface area contributed by atoms with Gasteiger partial charge in [-0.2, -0.15) is 0 Å². The molecule has 3 aromatic rings. The summed E-state index contributed by atoms with van der Waals surface area (Å²) in [7, 11) is 0. The first-order chi connectivity index (χ1) is 14.9. The van der Waals surface area contributed by atoms with Crippen molar-refractivity contribution in [2.24, 2.45) is 10.9 Å². The van der Waals surface area contributed by atoms with Crippen LogP contribution < -0.4 is 19.6 Å². The summed E-state index contributed by atoms with van der Waals surface area (Å²) >= 11 is 7.55. The quantitative estimate of drug-likeness (QED) is 0.570. The largest absolute Gasteiger partial charge is 0.466 e. The molecule has 0 radical (unpaired) electrons. The summed E-state index contributed by atoms with van der Waals surface area (Å²) in [5.41, 5.74) is 0.109. The lowest BCUT2D eigenvalue weighted by molar-refractivity contribution is -0.160. The Bertz CT molecular complexity index is 1380. The van der Waals surface area contributed by atoms with Crippen molar-refractivity contribution in [1.29, 1.82) is 0 Å². The molecule has 3 atom stereocenters. The molecule has 0 spiro atoms. The van der Waals surface area contributed by atoms with Gasteiger partial charge in [0.15, 0.2) is 4.80 Å². The SMILES string of the molecule is CCOC(=O)C1C2c3ccccc3O[C@@]1(C)N=c1sc(=Cc3ccccc3Cl)c(=O)n12. The van der Waals surface area contributed by atoms with Crippen molar-refractivity contribution in [1.82, 2.24) is 4.57 Å². The number of esters is 1. The van der Waals surface area contributed by atoms with E-state index in [1.807, 2.05) is 42.5 Å². The number of hydrogen-bond donors (Lipinski definition) is 0. The van der Waals surface area contributed by atoms with Gasteiger partial charge < -0.3 is 9.47 Å². The highest BCUT2D eigenvalue weighted by Crippen LogP contribution is 2.47. The van der Waals surface area contributed by atoms with E-state index in [1.165, 1.54) is 11.3 Å². The van der Waals surface area contributed by atoms with Crippen LogP contribution in [0.15, 0.2) is 58.3 Å². The molecule has 6 nitrogen and oxygen atoms in total. The molecular formula is C23H19ClN2O4S. The Morgan fingerprint density at radius 2 is 2.03 bits per heavy atom. The number of carbonyl (C=O) groups is 1. The number of nitrogens with zero attached hydrogens (tertiary/aromatic N) is 2. The van der Waals surface area contributed by atoms with Gasteiger partial charge in [0.05, 0.1) is 17.2 Å². The van der Waals surface area contributed by atoms with Crippen LogP contribution in [0.3, 0.4) is 0 Å². The minimum absolute atomic E-state index is 0.221. The number of thiazole rings is 1. The van der Waals surface area contributed by atoms with E-state index in [4.69, 9.17) is 26.1 Å². The third kappa shape index (κ3) is 3.11. The summed E-state index contributed by atoms with van der Waals surface area (Å²) in [5.74, 6) is -0.608. The monoisotopic (exact) mass is 454 g/mol. The van der Waals surface area contributed by atoms with Gasteiger partial charge in [-0.1, -0.05) is 59.3 Å². The molecule has 8 heteroatoms. The van der Waals surface area contributed by atoms with Gasteiger partial charge in [0, 0.05) is 10.6 Å². The third-order valence-corrected chi connectivity index (χ3v) is 6.94. The lowest BCUT2D eigenvalue weighted by Crippen LogP contribution is -2.58. The number of ether oxygens (including phenoxy) is 2. The molecule has 0 fully saturated rings. The summed E-state index contributed by atoms with van der Waals surface area (Å²) in [6, 6.07) is 14.2. The maximum Gasteiger partial charge on any atom is 0.317 e. The predicted molar refractivity (Wildman–Crippen MR) is 118 cm³/mol. The summed E-state index contributed by atoms with van der Waals surface area (Å²) in [5, 5.41) is 0.555. The average Bonchev–Trinajstić information content (AvgIpc) is 3.03. The van der Waals surface area contributed by atoms with E-state index in [0.717, 1.165) is 11.1 Å². The summed E-state index contributed by atoms with van der Waals surface area (Å²) in [4.78, 5) is 31.7. The number of hydrogen-bond acceptors (Lipinski definition) is 6. The van der Waals surface area contributed by atoms with E-state index in [2.05, 4.69) is 0 Å². The molecular weight excluding hydrogens is 436 g/mol. The van der Waals surface area contributed by atoms with Crippen LogP contribution in [-0.2, 0) is 9.53 Å². The summed E-state index contributed by atoms with van der Waals surface area (Å²) in [6.45, 7) is 3.75. The summed E-state index contributed by atoms with van der Waals surface area (Å²) < 4.78 is 13.6. The minimum atomic E-state index is -1.18. The molecule has 0 amide bonds. The number of aromatic nitrogens is 1. The molecule has 2 aromatic carbocycles. The lowest BCUT2D eigenvalue weighted by Gasteiger charge is -2.44. The highest BCUT2D eigenvalue weighted by atomic mass is 35.5. The Labute approximate surface area is 187 Å². The predicted octanol–water partition coefficient (Wildman–Crippen LogP) is 2.90. The standard InChI is InChI=1S/C23H19ClN2O4S/c1-3-29-21(28)18-19-14-9-5-7-11-16(14)30-23(18,2)25-22-26(19)20(27)17(31-22)12-13-8-4-6-10-15(13)24/h4-12,18-19H,3H2,1-2H3/t18?,19?,23-/m1/s1. The maximum atomic E-state index is 13.5. The van der Waals surface area contributed by atoms with Crippen LogP contribution in [0.25, 0.3) is 6.08 Å². The van der Waals surface area contributed by atoms with Gasteiger partial charge in [0.25, 0.3) is 5.56 Å². The molecule has 2 bridgehead atoms. The van der Waals surface area contributed by atoms with Gasteiger partial charge in [-0.15, -0.1) is 0 Å². The number of halogens is 1. The van der Waals surface area contributed by atoms with Gasteiger partial charge in [0.2, 0.25) is 5.72 Å². The van der Waals surface area contributed by atoms with Gasteiger partial charge in [0.1, 0.15) is 11.7 Å². The Hall–Kier alpha value is -2.90. The number of benzene rings is 2. The van der Waals surface area contributed by atoms with Crippen LogP contribution in [0.4, 0.5) is 0 Å². The van der Waals surface area contributed by atoms with Gasteiger partial charge in [-0.05, 0) is 37.6 Å². The van der Waals surface area contributed by atoms with Gasteiger partial charge >= 0.3 is 5.97 Å². The van der Waals surface area contributed by atoms with E-state index < -0.39 is 23.7 Å². The summed E-state index contributed by atoms with van der Waals surface area (Å²) in [6.07, 6.45) is 1.76. The molecule has 1 aromatic heterocycles. The normalized spacial score (nSPS) is 23.9. The van der Waals surface area contributed by atoms with Crippen LogP contribution in [0.1, 0.15) is 31.0 Å². The zero-order valence-corrected chi connectivity index (χ0v) is 18.4. The van der Waals surface area contributed by atoms with Crippen molar-refractivity contribution in [3.8, 4) is 5.75 Å². The number of rotatable bonds is 3. The van der Waals surface area contributed by atoms with Crippen molar-refractivity contribution >= 4 is 35.0 Å². The Morgan fingerprint density at radius 3 is 2.81 bits per heavy atom. The highest BCUT2D eigenvalue weighted by Gasteiger charge is 2.55. The zero-order chi connectivity index (χ0) is 21.8. The topological polar surface area (TPSA) is 69.9 Å². The first-order valence-electron chi connectivity index (χ1n) is 9.95. The Balaban J connectivity index is 1.79. The molecule has 2 aliphatic heterocycles. The fraction of sp³-hybridized carbons (Fsp3) is 0.261. The van der Waals surface area contributed by atoms with Crippen molar-refractivity contribution in [2.75, 3.05) is 6.61 Å². The Kier molecular flexibility index (Phi) is 4.75. The number of carbonyl (C=O) groups excluding carboxylic acids is 1. The first kappa shape index (κ1) is 20.0. The number of fused-ring (bicyclic) bond motifs is 6. The van der Waals surface area contributed by atoms with Crippen LogP contribution >= 0.6 is 22.9 Å². The minimum Gasteiger partial charge on any atom is -0.466 e. The van der Waals surface area contributed by atoms with E-state index in [0.29, 0.717) is 20.1 Å². The fourth-order valence-corrected chi connectivity index (χ4v) is 5.55. The molecule has 0 aliphatic carbocycles. The Morgan fingerprint density at radius 1 is 1.29 bits per heavy atom. The van der Waals surface area contributed by atoms with Crippen molar-refractivity contribution in [2.45, 2.75) is 25.6 Å². The van der Waals surface area contributed by atoms with E-state index in [1.54, 1.807) is 30.6 Å². The molecule has 31 heavy (non-hydrogen) atoms. The van der Waals surface area contributed by atoms with Gasteiger partial charge in [-0.3, -0.25) is 14.2 Å². The van der Waals surface area contributed by atoms with E-state index in [9.17, 15) is 9.59 Å². The van der Waals surface area contributed by atoms with E-state index >= 15 is 0 Å². The van der Waals surface area contributed by atoms with Crippen LogP contribution in [0.2, 0.25) is 5.02 Å². The zero-order valence-electron chi connectivity index (χ0n) is 16.9. The van der Waals surface area contributed by atoms with Crippen molar-refractivity contribution < 1.29 is 14.3 Å². The molecule has 3 heterocycles. The number of para-hydroxylation sites is 1. The highest BCUT2D eigenvalue weighted by molar-refractivity contribution is 7.07. The van der Waals surface area contributed by atoms with Gasteiger partial charge in [-0.25, -0.2) is 4.99 Å². The fourth-order valence-electron chi connectivity index (χ4n) is 4.27. The first-order valence-corrected chi connectivity index (χ1v) is 11.1. The molecule has 5 rings (SSSR count). The van der Waals surface area contributed by atoms with Crippen molar-refractivity contribution in [3.05, 3.63) is 84.4 Å². The van der Waals surface area contributed by atoms with Crippen LogP contribution in [-0.4, -0.2) is 22.9 Å². The van der Waals surface area contributed by atoms with Crippen molar-refractivity contribution in [3.63, 3.8) is 0 Å². The molecule has 0 saturated heterocycles.